The van der Waals surface area contributed by atoms with Crippen LogP contribution in [0.4, 0.5) is 0 Å². The number of benzene rings is 1. The molecule has 18 heavy (non-hydrogen) atoms. The summed E-state index contributed by atoms with van der Waals surface area (Å²) in [4.78, 5) is 0. The van der Waals surface area contributed by atoms with Crippen molar-refractivity contribution in [2.24, 2.45) is 21.7 Å². The van der Waals surface area contributed by atoms with Gasteiger partial charge in [0.25, 0.3) is 0 Å². The topological polar surface area (TPSA) is 95.2 Å². The van der Waals surface area contributed by atoms with E-state index in [1.54, 1.807) is 13.2 Å². The summed E-state index contributed by atoms with van der Waals surface area (Å²) < 4.78 is 11.5. The Labute approximate surface area is 114 Å². The summed E-state index contributed by atoms with van der Waals surface area (Å²) in [5.41, 5.74) is 11.1. The Morgan fingerprint density at radius 1 is 1.44 bits per heavy atom. The van der Waals surface area contributed by atoms with Crippen molar-refractivity contribution in [3.8, 4) is 11.5 Å². The van der Waals surface area contributed by atoms with Crippen LogP contribution in [-0.4, -0.2) is 25.9 Å². The van der Waals surface area contributed by atoms with Gasteiger partial charge in [0.2, 0.25) is 5.96 Å². The minimum absolute atomic E-state index is 0.0936. The van der Waals surface area contributed by atoms with Gasteiger partial charge in [0.15, 0.2) is 11.5 Å². The van der Waals surface area contributed by atoms with E-state index in [4.69, 9.17) is 20.9 Å². The first kappa shape index (κ1) is 14.3. The summed E-state index contributed by atoms with van der Waals surface area (Å²) in [7, 11) is 1.58. The summed E-state index contributed by atoms with van der Waals surface area (Å²) >= 11 is 3.40. The van der Waals surface area contributed by atoms with Crippen molar-refractivity contribution >= 4 is 28.1 Å². The first-order valence-electron chi connectivity index (χ1n) is 5.20. The second-order valence-electron chi connectivity index (χ2n) is 3.24. The molecule has 0 atom stereocenters. The number of hydrogen-bond acceptors (Lipinski definition) is 4. The summed E-state index contributed by atoms with van der Waals surface area (Å²) in [6, 6.07) is 3.62. The Kier molecular flexibility index (Phi) is 5.44. The molecule has 0 unspecified atom stereocenters. The third kappa shape index (κ3) is 3.92. The number of rotatable bonds is 5. The van der Waals surface area contributed by atoms with Crippen molar-refractivity contribution in [1.82, 2.24) is 0 Å². The Hall–Kier alpha value is -1.76. The highest BCUT2D eigenvalue weighted by Crippen LogP contribution is 2.36. The van der Waals surface area contributed by atoms with Crippen LogP contribution in [0, 0.1) is 0 Å². The van der Waals surface area contributed by atoms with E-state index in [0.29, 0.717) is 18.1 Å². The molecular formula is C11H15BrN4O2. The monoisotopic (exact) mass is 314 g/mol. The van der Waals surface area contributed by atoms with E-state index < -0.39 is 0 Å². The highest BCUT2D eigenvalue weighted by Gasteiger charge is 2.10. The van der Waals surface area contributed by atoms with E-state index in [9.17, 15) is 0 Å². The Bertz CT molecular complexity index is 470. The summed E-state index contributed by atoms with van der Waals surface area (Å²) in [6.07, 6.45) is 1.52. The SMILES string of the molecule is CCOc1cc(/C=N\N=C(N)N)cc(Br)c1OC. The van der Waals surface area contributed by atoms with Crippen LogP contribution in [0.5, 0.6) is 11.5 Å². The third-order valence-electron chi connectivity index (χ3n) is 1.92. The van der Waals surface area contributed by atoms with Crippen LogP contribution in [0.2, 0.25) is 0 Å². The van der Waals surface area contributed by atoms with Gasteiger partial charge in [-0.1, -0.05) is 0 Å². The number of guanidine groups is 1. The molecule has 0 amide bonds. The average Bonchev–Trinajstić information content (AvgIpc) is 2.28. The van der Waals surface area contributed by atoms with Gasteiger partial charge in [-0.2, -0.15) is 5.10 Å². The molecule has 0 aliphatic heterocycles. The number of hydrogen-bond donors (Lipinski definition) is 2. The van der Waals surface area contributed by atoms with Gasteiger partial charge in [0.05, 0.1) is 24.4 Å². The minimum atomic E-state index is -0.0936. The van der Waals surface area contributed by atoms with Crippen molar-refractivity contribution in [2.45, 2.75) is 6.92 Å². The lowest BCUT2D eigenvalue weighted by Crippen LogP contribution is -2.21. The molecule has 0 aliphatic carbocycles. The molecule has 0 spiro atoms. The van der Waals surface area contributed by atoms with E-state index >= 15 is 0 Å². The molecule has 1 aromatic carbocycles. The molecule has 1 aromatic rings. The van der Waals surface area contributed by atoms with Gasteiger partial charge >= 0.3 is 0 Å². The quantitative estimate of drug-likeness (QED) is 0.488. The largest absolute Gasteiger partial charge is 0.492 e. The van der Waals surface area contributed by atoms with Gasteiger partial charge in [-0.15, -0.1) is 5.10 Å². The molecule has 0 heterocycles. The number of methoxy groups -OCH3 is 1. The summed E-state index contributed by atoms with van der Waals surface area (Å²) in [5, 5.41) is 7.26. The van der Waals surface area contributed by atoms with Crippen LogP contribution < -0.4 is 20.9 Å². The second kappa shape index (κ2) is 6.85. The van der Waals surface area contributed by atoms with Gasteiger partial charge in [0.1, 0.15) is 0 Å². The fourth-order valence-corrected chi connectivity index (χ4v) is 1.91. The number of nitrogens with two attached hydrogens (primary N) is 2. The molecule has 0 fully saturated rings. The predicted molar refractivity (Wildman–Crippen MR) is 75.3 cm³/mol. The molecule has 0 aliphatic rings. The number of ether oxygens (including phenoxy) is 2. The lowest BCUT2D eigenvalue weighted by Gasteiger charge is -2.11. The van der Waals surface area contributed by atoms with Gasteiger partial charge in [-0.3, -0.25) is 0 Å². The number of halogens is 1. The van der Waals surface area contributed by atoms with E-state index in [1.807, 2.05) is 13.0 Å². The molecule has 0 saturated heterocycles. The van der Waals surface area contributed by atoms with Crippen LogP contribution in [0.25, 0.3) is 0 Å². The second-order valence-corrected chi connectivity index (χ2v) is 4.09. The van der Waals surface area contributed by atoms with Crippen molar-refractivity contribution in [1.29, 1.82) is 0 Å². The standard InChI is InChI=1S/C11H15BrN4O2/c1-3-18-9-5-7(6-15-16-11(13)14)4-8(12)10(9)17-2/h4-6H,3H2,1-2H3,(H4,13,14,16)/b15-6-. The highest BCUT2D eigenvalue weighted by molar-refractivity contribution is 9.10. The Morgan fingerprint density at radius 2 is 2.17 bits per heavy atom. The van der Waals surface area contributed by atoms with Gasteiger partial charge < -0.3 is 20.9 Å². The molecule has 4 N–H and O–H groups in total. The van der Waals surface area contributed by atoms with E-state index in [1.165, 1.54) is 6.21 Å². The van der Waals surface area contributed by atoms with E-state index in [2.05, 4.69) is 26.1 Å². The maximum atomic E-state index is 5.47. The van der Waals surface area contributed by atoms with E-state index in [0.717, 1.165) is 10.0 Å². The van der Waals surface area contributed by atoms with Gasteiger partial charge in [-0.05, 0) is 40.5 Å². The number of nitrogens with zero attached hydrogens (tertiary/aromatic N) is 2. The normalized spacial score (nSPS) is 10.4. The predicted octanol–water partition coefficient (Wildman–Crippen LogP) is 1.46. The van der Waals surface area contributed by atoms with Crippen molar-refractivity contribution in [2.75, 3.05) is 13.7 Å². The summed E-state index contributed by atoms with van der Waals surface area (Å²) in [5.74, 6) is 1.17. The molecule has 1 rings (SSSR count). The maximum absolute atomic E-state index is 5.47. The molecule has 6 nitrogen and oxygen atoms in total. The minimum Gasteiger partial charge on any atom is -0.492 e. The zero-order valence-corrected chi connectivity index (χ0v) is 11.8. The van der Waals surface area contributed by atoms with Crippen molar-refractivity contribution in [3.05, 3.63) is 22.2 Å². The van der Waals surface area contributed by atoms with Crippen LogP contribution in [-0.2, 0) is 0 Å². The van der Waals surface area contributed by atoms with Gasteiger partial charge in [0, 0.05) is 0 Å². The average molecular weight is 315 g/mol. The molecule has 0 bridgehead atoms. The fraction of sp³-hybridized carbons (Fsp3) is 0.273. The Balaban J connectivity index is 3.08. The van der Waals surface area contributed by atoms with Crippen LogP contribution in [0.3, 0.4) is 0 Å². The van der Waals surface area contributed by atoms with Crippen molar-refractivity contribution in [3.63, 3.8) is 0 Å². The fourth-order valence-electron chi connectivity index (χ4n) is 1.29. The smallest absolute Gasteiger partial charge is 0.211 e. The van der Waals surface area contributed by atoms with Crippen molar-refractivity contribution < 1.29 is 9.47 Å². The Morgan fingerprint density at radius 3 is 2.72 bits per heavy atom. The molecule has 0 radical (unpaired) electrons. The zero-order chi connectivity index (χ0) is 13.5. The van der Waals surface area contributed by atoms with Crippen LogP contribution in [0.1, 0.15) is 12.5 Å². The lowest BCUT2D eigenvalue weighted by molar-refractivity contribution is 0.310. The molecule has 0 saturated carbocycles. The maximum Gasteiger partial charge on any atom is 0.211 e. The molecular weight excluding hydrogens is 300 g/mol. The summed E-state index contributed by atoms with van der Waals surface area (Å²) in [6.45, 7) is 2.44. The lowest BCUT2D eigenvalue weighted by atomic mass is 10.2. The van der Waals surface area contributed by atoms with Gasteiger partial charge in [-0.25, -0.2) is 0 Å². The molecule has 7 heteroatoms. The van der Waals surface area contributed by atoms with E-state index in [-0.39, 0.29) is 5.96 Å². The third-order valence-corrected chi connectivity index (χ3v) is 2.50. The molecule has 0 aromatic heterocycles. The first-order chi connectivity index (χ1) is 8.58. The zero-order valence-electron chi connectivity index (χ0n) is 10.2. The highest BCUT2D eigenvalue weighted by atomic mass is 79.9. The first-order valence-corrected chi connectivity index (χ1v) is 6.00. The van der Waals surface area contributed by atoms with Crippen LogP contribution >= 0.6 is 15.9 Å². The van der Waals surface area contributed by atoms with Crippen LogP contribution in [0.15, 0.2) is 26.8 Å². The molecule has 98 valence electrons.